The molecule has 1 fully saturated rings. The summed E-state index contributed by atoms with van der Waals surface area (Å²) in [6.45, 7) is 2.64. The van der Waals surface area contributed by atoms with Crippen LogP contribution in [0, 0.1) is 6.92 Å². The Morgan fingerprint density at radius 3 is 2.62 bits per heavy atom. The summed E-state index contributed by atoms with van der Waals surface area (Å²) in [6.07, 6.45) is 3.16. The van der Waals surface area contributed by atoms with E-state index < -0.39 is 12.1 Å². The van der Waals surface area contributed by atoms with Crippen molar-refractivity contribution in [3.05, 3.63) is 71.9 Å². The molecule has 2 heterocycles. The van der Waals surface area contributed by atoms with Crippen LogP contribution in [0.3, 0.4) is 0 Å². The predicted octanol–water partition coefficient (Wildman–Crippen LogP) is 3.67. The first-order valence-corrected chi connectivity index (χ1v) is 9.82. The van der Waals surface area contributed by atoms with Crippen molar-refractivity contribution in [3.8, 4) is 16.9 Å². The number of nitrogens with one attached hydrogen (secondary N) is 1. The zero-order valence-electron chi connectivity index (χ0n) is 16.3. The van der Waals surface area contributed by atoms with E-state index in [2.05, 4.69) is 10.4 Å². The molecule has 4 rings (SSSR count). The van der Waals surface area contributed by atoms with E-state index in [1.165, 1.54) is 0 Å². The topological polar surface area (TPSA) is 73.2 Å². The van der Waals surface area contributed by atoms with Gasteiger partial charge in [0.05, 0.1) is 5.69 Å². The Balaban J connectivity index is 1.69. The molecule has 2 aromatic carbocycles. The van der Waals surface area contributed by atoms with Crippen LogP contribution in [0.15, 0.2) is 60.8 Å². The van der Waals surface area contributed by atoms with Crippen LogP contribution in [-0.2, 0) is 9.53 Å². The van der Waals surface area contributed by atoms with Crippen molar-refractivity contribution in [2.45, 2.75) is 32.3 Å². The smallest absolute Gasteiger partial charge is 0.342 e. The fourth-order valence-corrected chi connectivity index (χ4v) is 3.38. The van der Waals surface area contributed by atoms with Gasteiger partial charge in [0, 0.05) is 18.3 Å². The third kappa shape index (κ3) is 4.21. The number of hydrogen-bond acceptors (Lipinski definition) is 4. The molecule has 29 heavy (non-hydrogen) atoms. The van der Waals surface area contributed by atoms with E-state index in [0.717, 1.165) is 29.7 Å². The first kappa shape index (κ1) is 18.9. The zero-order chi connectivity index (χ0) is 20.2. The average molecular weight is 389 g/mol. The summed E-state index contributed by atoms with van der Waals surface area (Å²) in [4.78, 5) is 25.2. The SMILES string of the molecule is Cc1ccc(-n2cc(C(=O)OC3CCCCNC3=O)c(-c3ccccc3)n2)cc1. The Hall–Kier alpha value is -3.41. The number of hydrogen-bond donors (Lipinski definition) is 1. The largest absolute Gasteiger partial charge is 0.449 e. The molecular formula is C23H23N3O3. The third-order valence-corrected chi connectivity index (χ3v) is 5.01. The minimum absolute atomic E-state index is 0.233. The van der Waals surface area contributed by atoms with Crippen molar-refractivity contribution in [1.82, 2.24) is 15.1 Å². The van der Waals surface area contributed by atoms with Gasteiger partial charge in [-0.25, -0.2) is 9.48 Å². The van der Waals surface area contributed by atoms with Gasteiger partial charge in [0.15, 0.2) is 6.10 Å². The van der Waals surface area contributed by atoms with Gasteiger partial charge in [0.2, 0.25) is 0 Å². The number of amides is 1. The molecule has 1 N–H and O–H groups in total. The highest BCUT2D eigenvalue weighted by molar-refractivity contribution is 5.97. The Kier molecular flexibility index (Phi) is 5.42. The zero-order valence-corrected chi connectivity index (χ0v) is 16.3. The maximum absolute atomic E-state index is 13.0. The lowest BCUT2D eigenvalue weighted by atomic mass is 10.1. The number of benzene rings is 2. The molecule has 148 valence electrons. The maximum atomic E-state index is 13.0. The molecule has 1 atom stereocenters. The number of nitrogens with zero attached hydrogens (tertiary/aromatic N) is 2. The predicted molar refractivity (Wildman–Crippen MR) is 110 cm³/mol. The van der Waals surface area contributed by atoms with E-state index in [1.807, 2.05) is 61.5 Å². The van der Waals surface area contributed by atoms with Crippen LogP contribution < -0.4 is 5.32 Å². The van der Waals surface area contributed by atoms with Crippen LogP contribution in [0.2, 0.25) is 0 Å². The molecule has 0 bridgehead atoms. The molecule has 3 aromatic rings. The fourth-order valence-electron chi connectivity index (χ4n) is 3.38. The number of ether oxygens (including phenoxy) is 1. The first-order chi connectivity index (χ1) is 14.1. The lowest BCUT2D eigenvalue weighted by molar-refractivity contribution is -0.129. The van der Waals surface area contributed by atoms with Gasteiger partial charge in [-0.15, -0.1) is 0 Å². The average Bonchev–Trinajstić information content (AvgIpc) is 3.09. The standard InChI is InChI=1S/C23H23N3O3/c1-16-10-12-18(13-11-16)26-15-19(21(25-26)17-7-3-2-4-8-17)23(28)29-20-9-5-6-14-24-22(20)27/h2-4,7-8,10-13,15,20H,5-6,9,14H2,1H3,(H,24,27). The molecule has 1 aliphatic rings. The lowest BCUT2D eigenvalue weighted by Crippen LogP contribution is -2.36. The van der Waals surface area contributed by atoms with Crippen LogP contribution in [0.1, 0.15) is 35.2 Å². The number of carbonyl (C=O) groups is 2. The number of rotatable bonds is 4. The summed E-state index contributed by atoms with van der Waals surface area (Å²) >= 11 is 0. The summed E-state index contributed by atoms with van der Waals surface area (Å²) in [5.41, 5.74) is 3.68. The molecule has 0 aliphatic carbocycles. The van der Waals surface area contributed by atoms with Crippen LogP contribution >= 0.6 is 0 Å². The highest BCUT2D eigenvalue weighted by atomic mass is 16.5. The Morgan fingerprint density at radius 2 is 1.86 bits per heavy atom. The molecule has 1 amide bonds. The van der Waals surface area contributed by atoms with Gasteiger partial charge in [-0.2, -0.15) is 5.10 Å². The van der Waals surface area contributed by atoms with E-state index in [1.54, 1.807) is 10.9 Å². The van der Waals surface area contributed by atoms with Crippen LogP contribution in [0.5, 0.6) is 0 Å². The molecule has 0 spiro atoms. The molecule has 6 nitrogen and oxygen atoms in total. The lowest BCUT2D eigenvalue weighted by Gasteiger charge is -2.14. The molecule has 0 saturated carbocycles. The molecule has 1 saturated heterocycles. The van der Waals surface area contributed by atoms with Crippen LogP contribution in [0.4, 0.5) is 0 Å². The maximum Gasteiger partial charge on any atom is 0.342 e. The highest BCUT2D eigenvalue weighted by Crippen LogP contribution is 2.25. The van der Waals surface area contributed by atoms with Gasteiger partial charge in [0.25, 0.3) is 5.91 Å². The molecule has 1 aromatic heterocycles. The van der Waals surface area contributed by atoms with Gasteiger partial charge in [-0.05, 0) is 38.3 Å². The van der Waals surface area contributed by atoms with Crippen molar-refractivity contribution in [2.24, 2.45) is 0 Å². The second-order valence-corrected chi connectivity index (χ2v) is 7.22. The van der Waals surface area contributed by atoms with Gasteiger partial charge in [0.1, 0.15) is 11.3 Å². The minimum Gasteiger partial charge on any atom is -0.449 e. The summed E-state index contributed by atoms with van der Waals surface area (Å²) in [5.74, 6) is -0.771. The number of esters is 1. The monoisotopic (exact) mass is 389 g/mol. The third-order valence-electron chi connectivity index (χ3n) is 5.01. The van der Waals surface area contributed by atoms with Gasteiger partial charge in [-0.3, -0.25) is 4.79 Å². The Labute approximate surface area is 169 Å². The van der Waals surface area contributed by atoms with E-state index in [9.17, 15) is 9.59 Å². The minimum atomic E-state index is -0.767. The molecular weight excluding hydrogens is 366 g/mol. The summed E-state index contributed by atoms with van der Waals surface area (Å²) in [7, 11) is 0. The highest BCUT2D eigenvalue weighted by Gasteiger charge is 2.28. The van der Waals surface area contributed by atoms with Crippen molar-refractivity contribution in [1.29, 1.82) is 0 Å². The Morgan fingerprint density at radius 1 is 1.10 bits per heavy atom. The first-order valence-electron chi connectivity index (χ1n) is 9.82. The molecule has 0 radical (unpaired) electrons. The van der Waals surface area contributed by atoms with E-state index in [-0.39, 0.29) is 5.91 Å². The van der Waals surface area contributed by atoms with E-state index >= 15 is 0 Å². The number of aromatic nitrogens is 2. The summed E-state index contributed by atoms with van der Waals surface area (Å²) in [6, 6.07) is 17.4. The Bertz CT molecular complexity index is 1010. The summed E-state index contributed by atoms with van der Waals surface area (Å²) in [5, 5.41) is 7.44. The number of carbonyl (C=O) groups excluding carboxylic acids is 2. The van der Waals surface area contributed by atoms with Crippen molar-refractivity contribution < 1.29 is 14.3 Å². The number of aryl methyl sites for hydroxylation is 1. The molecule has 1 unspecified atom stereocenters. The van der Waals surface area contributed by atoms with E-state index in [4.69, 9.17) is 4.74 Å². The van der Waals surface area contributed by atoms with Gasteiger partial charge in [-0.1, -0.05) is 48.0 Å². The van der Waals surface area contributed by atoms with Crippen molar-refractivity contribution >= 4 is 11.9 Å². The molecule has 1 aliphatic heterocycles. The normalized spacial score (nSPS) is 16.7. The second-order valence-electron chi connectivity index (χ2n) is 7.22. The second kappa shape index (κ2) is 8.31. The van der Waals surface area contributed by atoms with E-state index in [0.29, 0.717) is 24.2 Å². The van der Waals surface area contributed by atoms with Gasteiger partial charge < -0.3 is 10.1 Å². The quantitative estimate of drug-likeness (QED) is 0.691. The van der Waals surface area contributed by atoms with Crippen molar-refractivity contribution in [2.75, 3.05) is 6.54 Å². The van der Waals surface area contributed by atoms with Crippen LogP contribution in [0.25, 0.3) is 16.9 Å². The van der Waals surface area contributed by atoms with Crippen LogP contribution in [-0.4, -0.2) is 34.3 Å². The fraction of sp³-hybridized carbons (Fsp3) is 0.261. The van der Waals surface area contributed by atoms with Crippen molar-refractivity contribution in [3.63, 3.8) is 0 Å². The van der Waals surface area contributed by atoms with Gasteiger partial charge >= 0.3 is 5.97 Å². The molecule has 6 heteroatoms. The summed E-state index contributed by atoms with van der Waals surface area (Å²) < 4.78 is 7.27.